The maximum absolute atomic E-state index is 14.4. The minimum atomic E-state index is -0.524. The fraction of sp³-hybridized carbons (Fsp3) is 0.312. The van der Waals surface area contributed by atoms with Crippen LogP contribution in [-0.4, -0.2) is 96.1 Å². The van der Waals surface area contributed by atoms with E-state index in [4.69, 9.17) is 28.0 Å². The van der Waals surface area contributed by atoms with Gasteiger partial charge in [-0.3, -0.25) is 14.6 Å². The van der Waals surface area contributed by atoms with Gasteiger partial charge in [-0.15, -0.1) is 23.5 Å². The Kier molecular flexibility index (Phi) is 19.0. The van der Waals surface area contributed by atoms with Gasteiger partial charge in [0.05, 0.1) is 37.9 Å². The Hall–Kier alpha value is -5.36. The summed E-state index contributed by atoms with van der Waals surface area (Å²) >= 11 is 16.8. The zero-order valence-corrected chi connectivity index (χ0v) is 46.0. The fourth-order valence-corrected chi connectivity index (χ4v) is 15.3. The predicted octanol–water partition coefficient (Wildman–Crippen LogP) is 13.6. The van der Waals surface area contributed by atoms with Crippen LogP contribution in [0.15, 0.2) is 205 Å². The lowest BCUT2D eigenvalue weighted by Crippen LogP contribution is -2.53. The molecule has 0 saturated carbocycles. The van der Waals surface area contributed by atoms with Crippen molar-refractivity contribution < 1.29 is 14.7 Å². The van der Waals surface area contributed by atoms with Crippen LogP contribution in [-0.2, 0) is 19.1 Å². The standard InChI is InChI=1S/C64H68Cl2N4O3S2/c1-3-58(68-73-2)61-55(47-35-36-56(65)57(66)43-47)44-54-45-59(71)62(61)70(54)39-22-38-69(40-42-75-64(51-29-16-7-17-30-51,52-31-18-8-19-32-52)53-33-20-9-21-34-53)46-60(72)67-37-41-74-63(48-23-10-4-11-24-48,49-25-12-5-13-26-49)50-27-14-6-15-28-50/h4-21,23-36,43,54-55,59,61-62,71H,3,22,37-42,44-46H2,1-2H3,(H,67,72)/t54?,55-,59+,61+,62?/m0/s1. The number of hydrogen-bond acceptors (Lipinski definition) is 8. The third-order valence-electron chi connectivity index (χ3n) is 15.2. The molecule has 2 aliphatic rings. The highest BCUT2D eigenvalue weighted by Gasteiger charge is 2.53. The number of fused-ring (bicyclic) bond motifs is 2. The minimum Gasteiger partial charge on any atom is -0.399 e. The Bertz CT molecular complexity index is 2710. The number of nitrogens with one attached hydrogen (secondary N) is 1. The first-order valence-electron chi connectivity index (χ1n) is 26.4. The molecule has 2 aliphatic heterocycles. The molecule has 0 aliphatic carbocycles. The minimum absolute atomic E-state index is 0.00661. The second-order valence-electron chi connectivity index (χ2n) is 19.6. The van der Waals surface area contributed by atoms with E-state index in [1.165, 1.54) is 33.4 Å². The molecule has 0 radical (unpaired) electrons. The van der Waals surface area contributed by atoms with Crippen molar-refractivity contribution in [2.24, 2.45) is 11.1 Å². The zero-order valence-electron chi connectivity index (χ0n) is 42.9. The summed E-state index contributed by atoms with van der Waals surface area (Å²) in [5.74, 6) is 1.48. The van der Waals surface area contributed by atoms with Crippen molar-refractivity contribution >= 4 is 58.3 Å². The molecule has 1 amide bonds. The third kappa shape index (κ3) is 12.3. The van der Waals surface area contributed by atoms with Crippen LogP contribution in [0.3, 0.4) is 0 Å². The van der Waals surface area contributed by atoms with Crippen molar-refractivity contribution in [1.29, 1.82) is 0 Å². The second-order valence-corrected chi connectivity index (χ2v) is 23.0. The zero-order chi connectivity index (χ0) is 52.0. The molecule has 75 heavy (non-hydrogen) atoms. The highest BCUT2D eigenvalue weighted by atomic mass is 35.5. The number of piperidine rings is 1. The van der Waals surface area contributed by atoms with Crippen LogP contribution < -0.4 is 5.32 Å². The van der Waals surface area contributed by atoms with Gasteiger partial charge in [-0.05, 0) is 89.2 Å². The number of hydrogen-bond donors (Lipinski definition) is 2. The van der Waals surface area contributed by atoms with Crippen LogP contribution >= 0.6 is 46.7 Å². The summed E-state index contributed by atoms with van der Waals surface area (Å²) in [4.78, 5) is 24.7. The van der Waals surface area contributed by atoms with E-state index in [0.717, 1.165) is 36.4 Å². The van der Waals surface area contributed by atoms with Crippen molar-refractivity contribution in [3.05, 3.63) is 249 Å². The van der Waals surface area contributed by atoms with Gasteiger partial charge in [0.1, 0.15) is 7.11 Å². The summed E-state index contributed by atoms with van der Waals surface area (Å²) < 4.78 is -0.961. The lowest BCUT2D eigenvalue weighted by Gasteiger charge is -2.46. The molecule has 2 saturated heterocycles. The van der Waals surface area contributed by atoms with Crippen molar-refractivity contribution in [3.63, 3.8) is 0 Å². The molecule has 7 aromatic rings. The number of oxime groups is 1. The Labute approximate surface area is 463 Å². The van der Waals surface area contributed by atoms with E-state index >= 15 is 0 Å². The molecule has 11 heteroatoms. The van der Waals surface area contributed by atoms with Crippen LogP contribution in [0.25, 0.3) is 0 Å². The number of thioether (sulfide) groups is 2. The number of nitrogens with zero attached hydrogens (tertiary/aromatic N) is 3. The number of halogens is 2. The molecule has 0 aromatic heterocycles. The topological polar surface area (TPSA) is 77.4 Å². The van der Waals surface area contributed by atoms with Crippen LogP contribution in [0.4, 0.5) is 0 Å². The summed E-state index contributed by atoms with van der Waals surface area (Å²) in [6.45, 7) is 5.05. The van der Waals surface area contributed by atoms with Gasteiger partial charge in [0.15, 0.2) is 0 Å². The largest absolute Gasteiger partial charge is 0.399 e. The molecule has 2 heterocycles. The average molecular weight is 1080 g/mol. The van der Waals surface area contributed by atoms with Crippen LogP contribution in [0.5, 0.6) is 0 Å². The average Bonchev–Trinajstić information content (AvgIpc) is 3.68. The molecule has 2 fully saturated rings. The molecule has 7 nitrogen and oxygen atoms in total. The number of benzene rings is 7. The summed E-state index contributed by atoms with van der Waals surface area (Å²) in [5.41, 5.74) is 9.26. The Morgan fingerprint density at radius 2 is 1.13 bits per heavy atom. The summed E-state index contributed by atoms with van der Waals surface area (Å²) in [7, 11) is 1.59. The van der Waals surface area contributed by atoms with Gasteiger partial charge < -0.3 is 15.3 Å². The maximum Gasteiger partial charge on any atom is 0.234 e. The number of rotatable bonds is 24. The molecular formula is C64H68Cl2N4O3S2. The second kappa shape index (κ2) is 26.1. The lowest BCUT2D eigenvalue weighted by molar-refractivity contribution is -0.122. The Balaban J connectivity index is 0.956. The smallest absolute Gasteiger partial charge is 0.234 e. The van der Waals surface area contributed by atoms with E-state index in [1.54, 1.807) is 7.11 Å². The lowest BCUT2D eigenvalue weighted by atomic mass is 9.72. The first-order chi connectivity index (χ1) is 36.8. The van der Waals surface area contributed by atoms with E-state index in [9.17, 15) is 9.90 Å². The van der Waals surface area contributed by atoms with Gasteiger partial charge in [0.25, 0.3) is 0 Å². The first-order valence-corrected chi connectivity index (χ1v) is 29.1. The normalized spacial score (nSPS) is 19.0. The highest BCUT2D eigenvalue weighted by Crippen LogP contribution is 2.51. The van der Waals surface area contributed by atoms with Crippen LogP contribution in [0.2, 0.25) is 10.0 Å². The summed E-state index contributed by atoms with van der Waals surface area (Å²) in [5, 5.41) is 20.9. The SMILES string of the molecule is CCC(=NOC)[C@@H]1C2[C@H](O)CC(C[C@H]1c1ccc(Cl)c(Cl)c1)N2CCCN(CCSC(c1ccccc1)(c1ccccc1)c1ccccc1)CC(=O)NCCSC(c1ccccc1)(c1ccccc1)c1ccccc1. The molecule has 0 spiro atoms. The van der Waals surface area contributed by atoms with Crippen LogP contribution in [0.1, 0.15) is 77.5 Å². The third-order valence-corrected chi connectivity index (χ3v) is 19.0. The molecule has 2 unspecified atom stereocenters. The molecule has 7 aromatic carbocycles. The summed E-state index contributed by atoms with van der Waals surface area (Å²) in [6.07, 6.45) is 2.52. The Morgan fingerprint density at radius 3 is 1.57 bits per heavy atom. The van der Waals surface area contributed by atoms with Gasteiger partial charge >= 0.3 is 0 Å². The van der Waals surface area contributed by atoms with Crippen molar-refractivity contribution in [1.82, 2.24) is 15.1 Å². The number of amides is 1. The number of aliphatic hydroxyl groups excluding tert-OH is 1. The molecule has 9 rings (SSSR count). The number of carbonyl (C=O) groups is 1. The Morgan fingerprint density at radius 1 is 0.667 bits per heavy atom. The fourth-order valence-electron chi connectivity index (χ4n) is 12.0. The molecule has 2 N–H and O–H groups in total. The van der Waals surface area contributed by atoms with Crippen molar-refractivity contribution in [2.45, 2.75) is 66.2 Å². The number of aliphatic hydroxyl groups is 1. The molecular weight excluding hydrogens is 1010 g/mol. The predicted molar refractivity (Wildman–Crippen MR) is 314 cm³/mol. The van der Waals surface area contributed by atoms with E-state index in [2.05, 4.69) is 215 Å². The van der Waals surface area contributed by atoms with E-state index in [-0.39, 0.29) is 36.4 Å². The molecule has 2 bridgehead atoms. The van der Waals surface area contributed by atoms with E-state index in [1.807, 2.05) is 35.7 Å². The van der Waals surface area contributed by atoms with Gasteiger partial charge in [-0.1, -0.05) is 223 Å². The quantitative estimate of drug-likeness (QED) is 0.0270. The maximum atomic E-state index is 14.4. The van der Waals surface area contributed by atoms with Gasteiger partial charge in [-0.2, -0.15) is 0 Å². The highest BCUT2D eigenvalue weighted by molar-refractivity contribution is 8.00. The van der Waals surface area contributed by atoms with Crippen LogP contribution in [0, 0.1) is 5.92 Å². The van der Waals surface area contributed by atoms with E-state index < -0.39 is 15.6 Å². The number of carbonyl (C=O) groups excluding carboxylic acids is 1. The van der Waals surface area contributed by atoms with Gasteiger partial charge in [0, 0.05) is 49.1 Å². The monoisotopic (exact) mass is 1070 g/mol. The van der Waals surface area contributed by atoms with Crippen molar-refractivity contribution in [3.8, 4) is 0 Å². The van der Waals surface area contributed by atoms with Crippen molar-refractivity contribution in [2.75, 3.05) is 51.3 Å². The van der Waals surface area contributed by atoms with Gasteiger partial charge in [0.2, 0.25) is 5.91 Å². The molecule has 5 atom stereocenters. The van der Waals surface area contributed by atoms with Gasteiger partial charge in [-0.25, -0.2) is 0 Å². The summed E-state index contributed by atoms with van der Waals surface area (Å²) in [6, 6.07) is 70.5. The van der Waals surface area contributed by atoms with E-state index in [0.29, 0.717) is 48.3 Å². The molecule has 388 valence electrons. The first kappa shape index (κ1) is 54.4.